The number of likely N-dealkylation sites (tertiary alicyclic amines) is 1. The predicted molar refractivity (Wildman–Crippen MR) is 105 cm³/mol. The van der Waals surface area contributed by atoms with Gasteiger partial charge in [0.2, 0.25) is 10.0 Å². The Morgan fingerprint density at radius 1 is 1.00 bits per heavy atom. The van der Waals surface area contributed by atoms with Crippen LogP contribution in [0, 0.1) is 6.92 Å². The number of nitrogens with zero attached hydrogens (tertiary/aromatic N) is 3. The van der Waals surface area contributed by atoms with Crippen LogP contribution in [0.5, 0.6) is 0 Å². The highest BCUT2D eigenvalue weighted by Gasteiger charge is 2.28. The van der Waals surface area contributed by atoms with Gasteiger partial charge in [-0.2, -0.15) is 4.31 Å². The van der Waals surface area contributed by atoms with Gasteiger partial charge in [-0.15, -0.1) is 0 Å². The van der Waals surface area contributed by atoms with Crippen molar-refractivity contribution in [2.75, 3.05) is 53.4 Å². The number of amides is 1. The third kappa shape index (κ3) is 4.68. The number of carbonyl (C=O) groups excluding carboxylic acids is 1. The maximum atomic E-state index is 13.0. The minimum absolute atomic E-state index is 0.144. The molecule has 0 aromatic heterocycles. The lowest BCUT2D eigenvalue weighted by Crippen LogP contribution is -2.47. The summed E-state index contributed by atoms with van der Waals surface area (Å²) in [7, 11) is 0.487. The minimum atomic E-state index is -3.58. The highest BCUT2D eigenvalue weighted by Crippen LogP contribution is 2.21. The Kier molecular flexibility index (Phi) is 6.20. The van der Waals surface area contributed by atoms with Gasteiger partial charge in [0.1, 0.15) is 0 Å². The molecule has 0 spiro atoms. The molecule has 3 rings (SSSR count). The Balaban J connectivity index is 1.76. The number of piperazine rings is 1. The number of carbonyl (C=O) groups is 1. The van der Waals surface area contributed by atoms with E-state index in [1.54, 1.807) is 12.1 Å². The van der Waals surface area contributed by atoms with Gasteiger partial charge in [0.15, 0.2) is 0 Å². The molecule has 0 saturated carbocycles. The number of benzene rings is 1. The molecule has 1 N–H and O–H groups in total. The fraction of sp³-hybridized carbons (Fsp3) is 0.632. The Morgan fingerprint density at radius 2 is 1.59 bits per heavy atom. The lowest BCUT2D eigenvalue weighted by atomic mass is 10.0. The minimum Gasteiger partial charge on any atom is -0.349 e. The summed E-state index contributed by atoms with van der Waals surface area (Å²) in [6, 6.07) is 5.01. The van der Waals surface area contributed by atoms with Gasteiger partial charge >= 0.3 is 0 Å². The molecule has 27 heavy (non-hydrogen) atoms. The Hall–Kier alpha value is -1.48. The molecule has 8 heteroatoms. The third-order valence-electron chi connectivity index (χ3n) is 5.61. The standard InChI is InChI=1S/C19H30N4O3S/c1-15-4-5-17(27(25,26)23-12-10-22(3)11-13-23)14-18(15)19(24)20-16-6-8-21(2)9-7-16/h4-5,14,16H,6-13H2,1-3H3,(H,20,24). The molecule has 0 bridgehead atoms. The molecule has 2 fully saturated rings. The second-order valence-electron chi connectivity index (χ2n) is 7.74. The summed E-state index contributed by atoms with van der Waals surface area (Å²) >= 11 is 0. The smallest absolute Gasteiger partial charge is 0.251 e. The average molecular weight is 395 g/mol. The van der Waals surface area contributed by atoms with E-state index in [0.29, 0.717) is 31.7 Å². The van der Waals surface area contributed by atoms with E-state index < -0.39 is 10.0 Å². The Labute approximate surface area is 162 Å². The van der Waals surface area contributed by atoms with Gasteiger partial charge in [-0.3, -0.25) is 4.79 Å². The van der Waals surface area contributed by atoms with E-state index in [0.717, 1.165) is 31.5 Å². The van der Waals surface area contributed by atoms with Crippen molar-refractivity contribution in [3.05, 3.63) is 29.3 Å². The summed E-state index contributed by atoms with van der Waals surface area (Å²) in [5.41, 5.74) is 1.24. The van der Waals surface area contributed by atoms with Crippen molar-refractivity contribution in [2.24, 2.45) is 0 Å². The van der Waals surface area contributed by atoms with Gasteiger partial charge in [0.05, 0.1) is 4.90 Å². The third-order valence-corrected chi connectivity index (χ3v) is 7.50. The van der Waals surface area contributed by atoms with Gasteiger partial charge in [-0.1, -0.05) is 6.07 Å². The van der Waals surface area contributed by atoms with Crippen LogP contribution in [0.25, 0.3) is 0 Å². The van der Waals surface area contributed by atoms with E-state index >= 15 is 0 Å². The quantitative estimate of drug-likeness (QED) is 0.816. The molecule has 0 aliphatic carbocycles. The number of aryl methyl sites for hydroxylation is 1. The lowest BCUT2D eigenvalue weighted by molar-refractivity contribution is 0.0916. The molecule has 7 nitrogen and oxygen atoms in total. The van der Waals surface area contributed by atoms with E-state index in [2.05, 4.69) is 22.2 Å². The van der Waals surface area contributed by atoms with Crippen molar-refractivity contribution in [3.8, 4) is 0 Å². The SMILES string of the molecule is Cc1ccc(S(=O)(=O)N2CCN(C)CC2)cc1C(=O)NC1CCN(C)CC1. The van der Waals surface area contributed by atoms with Gasteiger partial charge in [-0.05, 0) is 64.6 Å². The van der Waals surface area contributed by atoms with Gasteiger partial charge in [0.25, 0.3) is 5.91 Å². The van der Waals surface area contributed by atoms with Crippen molar-refractivity contribution in [1.82, 2.24) is 19.4 Å². The van der Waals surface area contributed by atoms with Crippen LogP contribution in [-0.4, -0.2) is 87.8 Å². The molecule has 2 heterocycles. The number of hydrogen-bond donors (Lipinski definition) is 1. The van der Waals surface area contributed by atoms with Crippen molar-refractivity contribution in [1.29, 1.82) is 0 Å². The molecule has 2 saturated heterocycles. The molecule has 150 valence electrons. The monoisotopic (exact) mass is 394 g/mol. The fourth-order valence-electron chi connectivity index (χ4n) is 3.60. The zero-order valence-corrected chi connectivity index (χ0v) is 17.3. The van der Waals surface area contributed by atoms with Crippen LogP contribution in [0.15, 0.2) is 23.1 Å². The van der Waals surface area contributed by atoms with Gasteiger partial charge in [-0.25, -0.2) is 8.42 Å². The van der Waals surface area contributed by atoms with Crippen LogP contribution in [0.3, 0.4) is 0 Å². The topological polar surface area (TPSA) is 73.0 Å². The molecule has 0 unspecified atom stereocenters. The largest absolute Gasteiger partial charge is 0.349 e. The molecule has 1 aromatic carbocycles. The maximum Gasteiger partial charge on any atom is 0.251 e. The maximum absolute atomic E-state index is 13.0. The highest BCUT2D eigenvalue weighted by atomic mass is 32.2. The summed E-state index contributed by atoms with van der Waals surface area (Å²) in [4.78, 5) is 17.3. The predicted octanol–water partition coefficient (Wildman–Crippen LogP) is 0.755. The zero-order valence-electron chi connectivity index (χ0n) is 16.4. The Morgan fingerprint density at radius 3 is 2.22 bits per heavy atom. The number of likely N-dealkylation sites (N-methyl/N-ethyl adjacent to an activating group) is 1. The van der Waals surface area contributed by atoms with Crippen LogP contribution in [-0.2, 0) is 10.0 Å². The first-order valence-corrected chi connectivity index (χ1v) is 11.0. The molecule has 1 amide bonds. The number of sulfonamides is 1. The first-order chi connectivity index (χ1) is 12.8. The van der Waals surface area contributed by atoms with E-state index in [9.17, 15) is 13.2 Å². The van der Waals surface area contributed by atoms with Gasteiger partial charge < -0.3 is 15.1 Å². The number of nitrogens with one attached hydrogen (secondary N) is 1. The normalized spacial score (nSPS) is 21.3. The van der Waals surface area contributed by atoms with E-state index in [-0.39, 0.29) is 16.8 Å². The van der Waals surface area contributed by atoms with E-state index in [1.807, 2.05) is 14.0 Å². The average Bonchev–Trinajstić information content (AvgIpc) is 2.64. The summed E-state index contributed by atoms with van der Waals surface area (Å²) in [5.74, 6) is -0.183. The zero-order chi connectivity index (χ0) is 19.6. The molecular formula is C19H30N4O3S. The first kappa shape index (κ1) is 20.3. The lowest BCUT2D eigenvalue weighted by Gasteiger charge is -2.31. The summed E-state index contributed by atoms with van der Waals surface area (Å²) < 4.78 is 27.5. The number of hydrogen-bond acceptors (Lipinski definition) is 5. The molecule has 2 aliphatic heterocycles. The summed E-state index contributed by atoms with van der Waals surface area (Å²) in [6.45, 7) is 6.15. The number of piperidine rings is 1. The van der Waals surface area contributed by atoms with E-state index in [4.69, 9.17) is 0 Å². The van der Waals surface area contributed by atoms with Crippen LogP contribution < -0.4 is 5.32 Å². The first-order valence-electron chi connectivity index (χ1n) is 9.56. The summed E-state index contributed by atoms with van der Waals surface area (Å²) in [6.07, 6.45) is 1.83. The van der Waals surface area contributed by atoms with E-state index in [1.165, 1.54) is 10.4 Å². The number of rotatable bonds is 4. The van der Waals surface area contributed by atoms with Crippen molar-refractivity contribution >= 4 is 15.9 Å². The van der Waals surface area contributed by atoms with Crippen LogP contribution >= 0.6 is 0 Å². The van der Waals surface area contributed by atoms with Crippen molar-refractivity contribution < 1.29 is 13.2 Å². The molecule has 0 atom stereocenters. The molecule has 1 aromatic rings. The Bertz CT molecular complexity index is 780. The molecule has 0 radical (unpaired) electrons. The molecular weight excluding hydrogens is 364 g/mol. The molecule has 2 aliphatic rings. The fourth-order valence-corrected chi connectivity index (χ4v) is 5.05. The van der Waals surface area contributed by atoms with Crippen LogP contribution in [0.1, 0.15) is 28.8 Å². The highest BCUT2D eigenvalue weighted by molar-refractivity contribution is 7.89. The second kappa shape index (κ2) is 8.26. The van der Waals surface area contributed by atoms with Crippen LogP contribution in [0.2, 0.25) is 0 Å². The summed E-state index contributed by atoms with van der Waals surface area (Å²) in [5, 5.41) is 3.08. The van der Waals surface area contributed by atoms with Gasteiger partial charge in [0, 0.05) is 37.8 Å². The van der Waals surface area contributed by atoms with Crippen LogP contribution in [0.4, 0.5) is 0 Å². The van der Waals surface area contributed by atoms with Crippen molar-refractivity contribution in [3.63, 3.8) is 0 Å². The second-order valence-corrected chi connectivity index (χ2v) is 9.67. The van der Waals surface area contributed by atoms with Crippen molar-refractivity contribution in [2.45, 2.75) is 30.7 Å².